The minimum Gasteiger partial charge on any atom is -0.326 e. The molecule has 3 N–H and O–H groups in total. The van der Waals surface area contributed by atoms with Gasteiger partial charge in [0.2, 0.25) is 10.0 Å². The van der Waals surface area contributed by atoms with E-state index in [2.05, 4.69) is 14.9 Å². The second-order valence-electron chi connectivity index (χ2n) is 4.46. The van der Waals surface area contributed by atoms with E-state index < -0.39 is 10.0 Å². The second kappa shape index (κ2) is 6.52. The largest absolute Gasteiger partial charge is 0.326 e. The van der Waals surface area contributed by atoms with E-state index in [1.165, 1.54) is 18.2 Å². The number of halogens is 1. The summed E-state index contributed by atoms with van der Waals surface area (Å²) in [5, 5.41) is 8.08. The summed E-state index contributed by atoms with van der Waals surface area (Å²) in [6.07, 6.45) is 2.02. The van der Waals surface area contributed by atoms with Crippen molar-refractivity contribution in [3.05, 3.63) is 40.9 Å². The molecule has 0 saturated heterocycles. The Morgan fingerprint density at radius 1 is 1.43 bits per heavy atom. The molecule has 0 atom stereocenters. The van der Waals surface area contributed by atoms with E-state index in [4.69, 9.17) is 17.3 Å². The van der Waals surface area contributed by atoms with Crippen LogP contribution in [-0.2, 0) is 30.0 Å². The molecule has 0 aliphatic rings. The Morgan fingerprint density at radius 3 is 2.81 bits per heavy atom. The molecule has 0 bridgehead atoms. The molecule has 1 aromatic heterocycles. The van der Waals surface area contributed by atoms with E-state index >= 15 is 0 Å². The van der Waals surface area contributed by atoms with Crippen LogP contribution in [0.2, 0.25) is 5.02 Å². The second-order valence-corrected chi connectivity index (χ2v) is 6.64. The Bertz CT molecular complexity index is 729. The summed E-state index contributed by atoms with van der Waals surface area (Å²) in [6, 6.07) is 4.46. The van der Waals surface area contributed by atoms with Gasteiger partial charge < -0.3 is 10.3 Å². The first-order chi connectivity index (χ1) is 9.94. The first kappa shape index (κ1) is 15.9. The molecule has 0 aliphatic heterocycles. The van der Waals surface area contributed by atoms with Crippen molar-refractivity contribution in [2.45, 2.75) is 17.9 Å². The predicted molar refractivity (Wildman–Crippen MR) is 79.2 cm³/mol. The zero-order valence-corrected chi connectivity index (χ0v) is 13.0. The average molecular weight is 330 g/mol. The van der Waals surface area contributed by atoms with E-state index in [0.29, 0.717) is 22.8 Å². The number of nitrogens with two attached hydrogens (primary N) is 1. The molecular formula is C12H16ClN5O2S. The van der Waals surface area contributed by atoms with Crippen LogP contribution < -0.4 is 10.5 Å². The van der Waals surface area contributed by atoms with Crippen molar-refractivity contribution in [2.75, 3.05) is 6.54 Å². The van der Waals surface area contributed by atoms with Gasteiger partial charge >= 0.3 is 0 Å². The van der Waals surface area contributed by atoms with Gasteiger partial charge in [-0.05, 0) is 23.8 Å². The van der Waals surface area contributed by atoms with E-state index in [-0.39, 0.29) is 18.0 Å². The first-order valence-electron chi connectivity index (χ1n) is 6.25. The maximum Gasteiger partial charge on any atom is 0.240 e. The van der Waals surface area contributed by atoms with Crippen LogP contribution in [0.25, 0.3) is 0 Å². The van der Waals surface area contributed by atoms with Crippen LogP contribution in [0.15, 0.2) is 29.4 Å². The normalized spacial score (nSPS) is 11.8. The van der Waals surface area contributed by atoms with Gasteiger partial charge in [-0.15, -0.1) is 10.2 Å². The number of hydrogen-bond acceptors (Lipinski definition) is 5. The van der Waals surface area contributed by atoms with Gasteiger partial charge in [-0.3, -0.25) is 0 Å². The number of aromatic nitrogens is 3. The number of sulfonamides is 1. The first-order valence-corrected chi connectivity index (χ1v) is 8.11. The fourth-order valence-corrected chi connectivity index (χ4v) is 3.07. The van der Waals surface area contributed by atoms with Gasteiger partial charge in [0.15, 0.2) is 0 Å². The summed E-state index contributed by atoms with van der Waals surface area (Å²) in [5.41, 5.74) is 6.12. The van der Waals surface area contributed by atoms with Crippen molar-refractivity contribution in [3.63, 3.8) is 0 Å². The Balaban J connectivity index is 2.06. The third-order valence-electron chi connectivity index (χ3n) is 2.99. The molecule has 9 heteroatoms. The summed E-state index contributed by atoms with van der Waals surface area (Å²) in [6.45, 7) is 0.413. The van der Waals surface area contributed by atoms with Crippen molar-refractivity contribution in [1.29, 1.82) is 0 Å². The lowest BCUT2D eigenvalue weighted by Crippen LogP contribution is -2.26. The minimum atomic E-state index is -3.60. The van der Waals surface area contributed by atoms with Gasteiger partial charge in [-0.1, -0.05) is 11.6 Å². The van der Waals surface area contributed by atoms with Gasteiger partial charge in [0.05, 0.1) is 4.90 Å². The third-order valence-corrected chi connectivity index (χ3v) is 4.82. The number of rotatable bonds is 6. The minimum absolute atomic E-state index is 0.144. The SMILES string of the molecule is Cn1cnnc1CCNS(=O)(=O)c1ccc(Cl)c(CN)c1. The Kier molecular flexibility index (Phi) is 4.94. The van der Waals surface area contributed by atoms with Gasteiger partial charge in [-0.25, -0.2) is 13.1 Å². The molecule has 7 nitrogen and oxygen atoms in total. The number of nitrogens with zero attached hydrogens (tertiary/aromatic N) is 3. The molecule has 114 valence electrons. The van der Waals surface area contributed by atoms with Gasteiger partial charge in [0.25, 0.3) is 0 Å². The molecule has 2 rings (SSSR count). The number of hydrogen-bond donors (Lipinski definition) is 2. The van der Waals surface area contributed by atoms with Gasteiger partial charge in [0.1, 0.15) is 12.2 Å². The maximum absolute atomic E-state index is 12.2. The summed E-state index contributed by atoms with van der Waals surface area (Å²) in [4.78, 5) is 0.144. The van der Waals surface area contributed by atoms with Crippen molar-refractivity contribution in [2.24, 2.45) is 12.8 Å². The lowest BCUT2D eigenvalue weighted by Gasteiger charge is -2.09. The Morgan fingerprint density at radius 2 is 2.19 bits per heavy atom. The van der Waals surface area contributed by atoms with E-state index in [9.17, 15) is 8.42 Å². The van der Waals surface area contributed by atoms with Crippen LogP contribution in [0.3, 0.4) is 0 Å². The number of aryl methyl sites for hydroxylation is 1. The molecule has 0 saturated carbocycles. The van der Waals surface area contributed by atoms with Crippen molar-refractivity contribution in [3.8, 4) is 0 Å². The van der Waals surface area contributed by atoms with Gasteiger partial charge in [-0.2, -0.15) is 0 Å². The molecule has 0 aliphatic carbocycles. The summed E-state index contributed by atoms with van der Waals surface area (Å²) in [5.74, 6) is 0.705. The summed E-state index contributed by atoms with van der Waals surface area (Å²) in [7, 11) is -1.80. The smallest absolute Gasteiger partial charge is 0.240 e. The zero-order chi connectivity index (χ0) is 15.5. The highest BCUT2D eigenvalue weighted by Gasteiger charge is 2.15. The van der Waals surface area contributed by atoms with Crippen LogP contribution in [0.1, 0.15) is 11.4 Å². The number of nitrogens with one attached hydrogen (secondary N) is 1. The molecule has 0 fully saturated rings. The predicted octanol–water partition coefficient (Wildman–Crippen LogP) is 0.448. The Hall–Kier alpha value is -1.48. The molecule has 1 aromatic carbocycles. The van der Waals surface area contributed by atoms with Crippen LogP contribution in [0, 0.1) is 0 Å². The van der Waals surface area contributed by atoms with Crippen LogP contribution in [-0.4, -0.2) is 29.7 Å². The van der Waals surface area contributed by atoms with Crippen molar-refractivity contribution in [1.82, 2.24) is 19.5 Å². The van der Waals surface area contributed by atoms with E-state index in [1.807, 2.05) is 0 Å². The number of benzene rings is 1. The van der Waals surface area contributed by atoms with Crippen LogP contribution in [0.5, 0.6) is 0 Å². The highest BCUT2D eigenvalue weighted by Crippen LogP contribution is 2.19. The van der Waals surface area contributed by atoms with Crippen LogP contribution >= 0.6 is 11.6 Å². The monoisotopic (exact) mass is 329 g/mol. The average Bonchev–Trinajstić information content (AvgIpc) is 2.84. The fraction of sp³-hybridized carbons (Fsp3) is 0.333. The molecule has 0 spiro atoms. The molecule has 0 amide bonds. The van der Waals surface area contributed by atoms with Gasteiger partial charge in [0, 0.05) is 31.6 Å². The van der Waals surface area contributed by atoms with E-state index in [0.717, 1.165) is 0 Å². The van der Waals surface area contributed by atoms with Crippen molar-refractivity contribution >= 4 is 21.6 Å². The summed E-state index contributed by atoms with van der Waals surface area (Å²) < 4.78 is 28.6. The summed E-state index contributed by atoms with van der Waals surface area (Å²) >= 11 is 5.92. The topological polar surface area (TPSA) is 103 Å². The highest BCUT2D eigenvalue weighted by molar-refractivity contribution is 7.89. The zero-order valence-electron chi connectivity index (χ0n) is 11.5. The fourth-order valence-electron chi connectivity index (χ4n) is 1.79. The maximum atomic E-state index is 12.2. The standard InChI is InChI=1S/C12H16ClN5O2S/c1-18-8-15-17-12(18)4-5-16-21(19,20)10-2-3-11(13)9(6-10)7-14/h2-3,6,8,16H,4-5,7,14H2,1H3. The highest BCUT2D eigenvalue weighted by atomic mass is 35.5. The molecule has 2 aromatic rings. The van der Waals surface area contributed by atoms with Crippen molar-refractivity contribution < 1.29 is 8.42 Å². The van der Waals surface area contributed by atoms with E-state index in [1.54, 1.807) is 17.9 Å². The van der Waals surface area contributed by atoms with Crippen LogP contribution in [0.4, 0.5) is 0 Å². The third kappa shape index (κ3) is 3.79. The lowest BCUT2D eigenvalue weighted by atomic mass is 10.2. The quantitative estimate of drug-likeness (QED) is 0.801. The molecule has 0 radical (unpaired) electrons. The molecule has 1 heterocycles. The Labute approximate surface area is 128 Å². The molecule has 21 heavy (non-hydrogen) atoms. The lowest BCUT2D eigenvalue weighted by molar-refractivity contribution is 0.580. The molecule has 0 unspecified atom stereocenters. The molecular weight excluding hydrogens is 314 g/mol.